The molecule has 0 heterocycles. The van der Waals surface area contributed by atoms with Gasteiger partial charge in [0.05, 0.1) is 0 Å². The van der Waals surface area contributed by atoms with Gasteiger partial charge < -0.3 is 14.8 Å². The van der Waals surface area contributed by atoms with E-state index >= 15 is 0 Å². The Morgan fingerprint density at radius 2 is 2.20 bits per heavy atom. The van der Waals surface area contributed by atoms with Crippen molar-refractivity contribution in [2.24, 2.45) is 0 Å². The van der Waals surface area contributed by atoms with Crippen molar-refractivity contribution in [2.75, 3.05) is 20.4 Å². The molecular weight excluding hydrogens is 214 g/mol. The van der Waals surface area contributed by atoms with E-state index < -0.39 is 0 Å². The normalized spacial score (nSPS) is 10.3. The van der Waals surface area contributed by atoms with Gasteiger partial charge in [0, 0.05) is 24.2 Å². The van der Waals surface area contributed by atoms with Gasteiger partial charge in [0.2, 0.25) is 0 Å². The quantitative estimate of drug-likeness (QED) is 0.760. The van der Waals surface area contributed by atoms with Gasteiger partial charge in [-0.1, -0.05) is 18.5 Å². The molecule has 0 spiro atoms. The summed E-state index contributed by atoms with van der Waals surface area (Å²) in [5.41, 5.74) is 1.04. The zero-order chi connectivity index (χ0) is 11.1. The molecule has 0 aliphatic heterocycles. The van der Waals surface area contributed by atoms with Gasteiger partial charge in [-0.25, -0.2) is 0 Å². The Kier molecular flexibility index (Phi) is 5.47. The molecule has 3 nitrogen and oxygen atoms in total. The van der Waals surface area contributed by atoms with Crippen LogP contribution in [0.3, 0.4) is 0 Å². The van der Waals surface area contributed by atoms with Gasteiger partial charge in [0.25, 0.3) is 0 Å². The number of halogens is 1. The highest BCUT2D eigenvalue weighted by Gasteiger charge is 2.03. The third kappa shape index (κ3) is 4.08. The van der Waals surface area contributed by atoms with Crippen LogP contribution in [0.5, 0.6) is 5.75 Å². The van der Waals surface area contributed by atoms with Crippen molar-refractivity contribution in [3.63, 3.8) is 0 Å². The van der Waals surface area contributed by atoms with E-state index in [9.17, 15) is 0 Å². The predicted octanol–water partition coefficient (Wildman–Crippen LogP) is 2.43. The van der Waals surface area contributed by atoms with E-state index in [1.807, 2.05) is 18.2 Å². The molecule has 1 aromatic carbocycles. The third-order valence-corrected chi connectivity index (χ3v) is 2.16. The molecule has 0 unspecified atom stereocenters. The van der Waals surface area contributed by atoms with Crippen molar-refractivity contribution >= 4 is 11.6 Å². The second kappa shape index (κ2) is 6.67. The summed E-state index contributed by atoms with van der Waals surface area (Å²) in [7, 11) is 1.60. The monoisotopic (exact) mass is 229 g/mol. The van der Waals surface area contributed by atoms with E-state index in [-0.39, 0.29) is 6.79 Å². The van der Waals surface area contributed by atoms with E-state index in [1.54, 1.807) is 7.11 Å². The second-order valence-corrected chi connectivity index (χ2v) is 3.52. The summed E-state index contributed by atoms with van der Waals surface area (Å²) >= 11 is 5.92. The van der Waals surface area contributed by atoms with Crippen LogP contribution in [0.25, 0.3) is 0 Å². The van der Waals surface area contributed by atoms with Crippen LogP contribution in [0.2, 0.25) is 5.02 Å². The molecule has 1 rings (SSSR count). The van der Waals surface area contributed by atoms with Crippen LogP contribution in [0, 0.1) is 0 Å². The number of nitrogens with one attached hydrogen (secondary N) is 1. The zero-order valence-electron chi connectivity index (χ0n) is 9.05. The van der Waals surface area contributed by atoms with Crippen LogP contribution < -0.4 is 10.1 Å². The zero-order valence-corrected chi connectivity index (χ0v) is 9.80. The molecule has 1 N–H and O–H groups in total. The van der Waals surface area contributed by atoms with Crippen molar-refractivity contribution in [3.05, 3.63) is 28.8 Å². The van der Waals surface area contributed by atoms with Gasteiger partial charge in [-0.2, -0.15) is 0 Å². The van der Waals surface area contributed by atoms with Gasteiger partial charge in [-0.3, -0.25) is 0 Å². The first kappa shape index (κ1) is 12.3. The maximum Gasteiger partial charge on any atom is 0.188 e. The summed E-state index contributed by atoms with van der Waals surface area (Å²) in [5, 5.41) is 3.94. The summed E-state index contributed by atoms with van der Waals surface area (Å²) in [4.78, 5) is 0. The molecule has 4 heteroatoms. The lowest BCUT2D eigenvalue weighted by Gasteiger charge is -2.11. The maximum atomic E-state index is 5.92. The Balaban J connectivity index is 2.73. The topological polar surface area (TPSA) is 30.5 Å². The highest BCUT2D eigenvalue weighted by Crippen LogP contribution is 2.22. The highest BCUT2D eigenvalue weighted by molar-refractivity contribution is 6.30. The Morgan fingerprint density at radius 1 is 1.40 bits per heavy atom. The fourth-order valence-corrected chi connectivity index (χ4v) is 1.40. The number of hydrogen-bond donors (Lipinski definition) is 1. The Labute approximate surface area is 95.3 Å². The van der Waals surface area contributed by atoms with Crippen LogP contribution >= 0.6 is 11.6 Å². The van der Waals surface area contributed by atoms with Crippen LogP contribution in [0.4, 0.5) is 0 Å². The maximum absolute atomic E-state index is 5.92. The fourth-order valence-electron chi connectivity index (χ4n) is 1.21. The van der Waals surface area contributed by atoms with E-state index in [2.05, 4.69) is 12.2 Å². The fraction of sp³-hybridized carbons (Fsp3) is 0.455. The molecule has 0 saturated carbocycles. The first-order valence-corrected chi connectivity index (χ1v) is 5.26. The summed E-state index contributed by atoms with van der Waals surface area (Å²) in [6, 6.07) is 5.56. The minimum atomic E-state index is 0.251. The number of rotatable bonds is 6. The van der Waals surface area contributed by atoms with Gasteiger partial charge in [-0.05, 0) is 24.7 Å². The van der Waals surface area contributed by atoms with Crippen LogP contribution in [0.15, 0.2) is 18.2 Å². The minimum Gasteiger partial charge on any atom is -0.467 e. The van der Waals surface area contributed by atoms with Crippen molar-refractivity contribution in [1.29, 1.82) is 0 Å². The van der Waals surface area contributed by atoms with Gasteiger partial charge in [0.1, 0.15) is 5.75 Å². The molecule has 0 bridgehead atoms. The molecule has 0 aliphatic rings. The molecular formula is C11H16ClNO2. The molecule has 0 saturated heterocycles. The SMILES string of the molecule is CCNCc1cc(Cl)ccc1OCOC. The predicted molar refractivity (Wildman–Crippen MR) is 61.3 cm³/mol. The highest BCUT2D eigenvalue weighted by atomic mass is 35.5. The van der Waals surface area contributed by atoms with Crippen molar-refractivity contribution in [3.8, 4) is 5.75 Å². The van der Waals surface area contributed by atoms with Crippen molar-refractivity contribution in [1.82, 2.24) is 5.32 Å². The van der Waals surface area contributed by atoms with Gasteiger partial charge in [-0.15, -0.1) is 0 Å². The number of methoxy groups -OCH3 is 1. The van der Waals surface area contributed by atoms with Gasteiger partial charge in [0.15, 0.2) is 6.79 Å². The van der Waals surface area contributed by atoms with Crippen LogP contribution in [-0.2, 0) is 11.3 Å². The molecule has 0 atom stereocenters. The van der Waals surface area contributed by atoms with Crippen molar-refractivity contribution < 1.29 is 9.47 Å². The smallest absolute Gasteiger partial charge is 0.188 e. The first-order valence-electron chi connectivity index (χ1n) is 4.88. The summed E-state index contributed by atoms with van der Waals surface area (Å²) in [5.74, 6) is 0.808. The minimum absolute atomic E-state index is 0.251. The molecule has 15 heavy (non-hydrogen) atoms. The molecule has 84 valence electrons. The van der Waals surface area contributed by atoms with Crippen LogP contribution in [0.1, 0.15) is 12.5 Å². The van der Waals surface area contributed by atoms with Gasteiger partial charge >= 0.3 is 0 Å². The Morgan fingerprint density at radius 3 is 2.87 bits per heavy atom. The number of hydrogen-bond acceptors (Lipinski definition) is 3. The molecule has 0 radical (unpaired) electrons. The standard InChI is InChI=1S/C11H16ClNO2/c1-3-13-7-9-6-10(12)4-5-11(9)15-8-14-2/h4-6,13H,3,7-8H2,1-2H3. The first-order chi connectivity index (χ1) is 7.27. The van der Waals surface area contributed by atoms with E-state index in [4.69, 9.17) is 21.1 Å². The lowest BCUT2D eigenvalue weighted by atomic mass is 10.2. The largest absolute Gasteiger partial charge is 0.467 e. The summed E-state index contributed by atoms with van der Waals surface area (Å²) < 4.78 is 10.3. The molecule has 0 amide bonds. The van der Waals surface area contributed by atoms with E-state index in [0.29, 0.717) is 5.02 Å². The summed E-state index contributed by atoms with van der Waals surface area (Å²) in [6.45, 7) is 3.97. The van der Waals surface area contributed by atoms with E-state index in [1.165, 1.54) is 0 Å². The number of benzene rings is 1. The molecule has 0 aliphatic carbocycles. The Hall–Kier alpha value is -0.770. The van der Waals surface area contributed by atoms with Crippen LogP contribution in [-0.4, -0.2) is 20.4 Å². The second-order valence-electron chi connectivity index (χ2n) is 3.08. The molecule has 0 fully saturated rings. The molecule has 1 aromatic rings. The average Bonchev–Trinajstić information content (AvgIpc) is 2.25. The average molecular weight is 230 g/mol. The van der Waals surface area contributed by atoms with Crippen molar-refractivity contribution in [2.45, 2.75) is 13.5 Å². The third-order valence-electron chi connectivity index (χ3n) is 1.92. The van der Waals surface area contributed by atoms with E-state index in [0.717, 1.165) is 24.4 Å². The number of ether oxygens (including phenoxy) is 2. The Bertz CT molecular complexity index is 305. The lowest BCUT2D eigenvalue weighted by Crippen LogP contribution is -2.13. The molecule has 0 aromatic heterocycles. The lowest BCUT2D eigenvalue weighted by molar-refractivity contribution is 0.0503. The summed E-state index contributed by atoms with van der Waals surface area (Å²) in [6.07, 6.45) is 0.